The molecule has 1 saturated heterocycles. The Morgan fingerprint density at radius 3 is 2.85 bits per heavy atom. The van der Waals surface area contributed by atoms with E-state index in [2.05, 4.69) is 10.3 Å². The highest BCUT2D eigenvalue weighted by Gasteiger charge is 2.18. The van der Waals surface area contributed by atoms with Gasteiger partial charge in [-0.1, -0.05) is 17.8 Å². The third-order valence-electron chi connectivity index (χ3n) is 4.15. The van der Waals surface area contributed by atoms with Crippen molar-refractivity contribution in [3.05, 3.63) is 40.6 Å². The molecule has 0 bridgehead atoms. The van der Waals surface area contributed by atoms with Crippen molar-refractivity contribution >= 4 is 62.2 Å². The summed E-state index contributed by atoms with van der Waals surface area (Å²) in [5.41, 5.74) is 1.64. The molecular weight excluding hydrogens is 386 g/mol. The maximum Gasteiger partial charge on any atom is 0.265 e. The molecule has 0 unspecified atom stereocenters. The van der Waals surface area contributed by atoms with Crippen molar-refractivity contribution in [3.63, 3.8) is 0 Å². The van der Waals surface area contributed by atoms with Gasteiger partial charge in [-0.05, 0) is 42.5 Å². The van der Waals surface area contributed by atoms with Crippen LogP contribution in [-0.2, 0) is 4.79 Å². The van der Waals surface area contributed by atoms with Crippen molar-refractivity contribution in [1.82, 2.24) is 9.88 Å². The van der Waals surface area contributed by atoms with Gasteiger partial charge in [0.1, 0.15) is 0 Å². The SMILES string of the molecule is O=C(Nc1ccc2nc(SCC(=O)N3CCCC3)sc2c1)c1cccs1. The van der Waals surface area contributed by atoms with E-state index in [1.54, 1.807) is 17.4 Å². The number of nitrogens with zero attached hydrogens (tertiary/aromatic N) is 2. The van der Waals surface area contributed by atoms with Crippen molar-refractivity contribution in [2.75, 3.05) is 24.2 Å². The zero-order valence-electron chi connectivity index (χ0n) is 13.9. The Hall–Kier alpha value is -1.90. The molecule has 1 aliphatic rings. The second kappa shape index (κ2) is 7.77. The number of fused-ring (bicyclic) bond motifs is 1. The number of carbonyl (C=O) groups is 2. The number of rotatable bonds is 5. The second-order valence-corrected chi connectivity index (χ2v) is 9.17. The van der Waals surface area contributed by atoms with Crippen LogP contribution in [0.5, 0.6) is 0 Å². The average Bonchev–Trinajstić information content (AvgIpc) is 3.40. The number of likely N-dealkylation sites (tertiary alicyclic amines) is 1. The van der Waals surface area contributed by atoms with Crippen LogP contribution in [0.25, 0.3) is 10.2 Å². The molecule has 3 heterocycles. The molecule has 2 aromatic heterocycles. The van der Waals surface area contributed by atoms with E-state index in [4.69, 9.17) is 0 Å². The van der Waals surface area contributed by atoms with E-state index in [9.17, 15) is 9.59 Å². The Morgan fingerprint density at radius 1 is 1.23 bits per heavy atom. The predicted octanol–water partition coefficient (Wildman–Crippen LogP) is 4.32. The fraction of sp³-hybridized carbons (Fsp3) is 0.278. The van der Waals surface area contributed by atoms with Gasteiger partial charge in [0.15, 0.2) is 4.34 Å². The normalized spacial score (nSPS) is 14.1. The summed E-state index contributed by atoms with van der Waals surface area (Å²) in [5, 5.41) is 4.80. The van der Waals surface area contributed by atoms with Gasteiger partial charge in [-0.15, -0.1) is 22.7 Å². The molecule has 0 spiro atoms. The Balaban J connectivity index is 1.42. The molecule has 1 aliphatic heterocycles. The summed E-state index contributed by atoms with van der Waals surface area (Å²) in [5.74, 6) is 0.521. The Labute approximate surface area is 163 Å². The average molecular weight is 404 g/mol. The minimum absolute atomic E-state index is 0.102. The van der Waals surface area contributed by atoms with E-state index in [-0.39, 0.29) is 11.8 Å². The van der Waals surface area contributed by atoms with Crippen molar-refractivity contribution < 1.29 is 9.59 Å². The molecule has 1 N–H and O–H groups in total. The standard InChI is InChI=1S/C18H17N3O2S3/c22-16(21-7-1-2-8-21)11-25-18-20-13-6-5-12(10-15(13)26-18)19-17(23)14-4-3-9-24-14/h3-6,9-10H,1-2,7-8,11H2,(H,19,23). The molecule has 0 radical (unpaired) electrons. The Kier molecular flexibility index (Phi) is 5.23. The number of benzene rings is 1. The Bertz CT molecular complexity index is 930. The molecule has 1 aromatic carbocycles. The topological polar surface area (TPSA) is 62.3 Å². The van der Waals surface area contributed by atoms with E-state index in [1.807, 2.05) is 34.5 Å². The lowest BCUT2D eigenvalue weighted by molar-refractivity contribution is -0.127. The quantitative estimate of drug-likeness (QED) is 0.644. The van der Waals surface area contributed by atoms with E-state index in [1.165, 1.54) is 23.1 Å². The zero-order chi connectivity index (χ0) is 17.9. The minimum atomic E-state index is -0.102. The van der Waals surface area contributed by atoms with Crippen molar-refractivity contribution in [2.24, 2.45) is 0 Å². The molecular formula is C18H17N3O2S3. The monoisotopic (exact) mass is 403 g/mol. The number of anilines is 1. The highest BCUT2D eigenvalue weighted by Crippen LogP contribution is 2.31. The van der Waals surface area contributed by atoms with Crippen LogP contribution in [0, 0.1) is 0 Å². The van der Waals surface area contributed by atoms with Gasteiger partial charge in [0.2, 0.25) is 5.91 Å². The van der Waals surface area contributed by atoms with E-state index in [0.29, 0.717) is 10.6 Å². The fourth-order valence-electron chi connectivity index (χ4n) is 2.82. The summed E-state index contributed by atoms with van der Waals surface area (Å²) in [7, 11) is 0. The summed E-state index contributed by atoms with van der Waals surface area (Å²) in [6.45, 7) is 1.76. The Morgan fingerprint density at radius 2 is 2.08 bits per heavy atom. The highest BCUT2D eigenvalue weighted by atomic mass is 32.2. The van der Waals surface area contributed by atoms with Gasteiger partial charge < -0.3 is 10.2 Å². The number of thioether (sulfide) groups is 1. The molecule has 8 heteroatoms. The number of aromatic nitrogens is 1. The first kappa shape index (κ1) is 17.5. The minimum Gasteiger partial charge on any atom is -0.342 e. The van der Waals surface area contributed by atoms with Gasteiger partial charge in [-0.2, -0.15) is 0 Å². The summed E-state index contributed by atoms with van der Waals surface area (Å²) in [6.07, 6.45) is 2.22. The number of thiophene rings is 1. The third kappa shape index (κ3) is 3.92. The largest absolute Gasteiger partial charge is 0.342 e. The number of nitrogens with one attached hydrogen (secondary N) is 1. The lowest BCUT2D eigenvalue weighted by Gasteiger charge is -2.13. The van der Waals surface area contributed by atoms with Gasteiger partial charge in [0, 0.05) is 18.8 Å². The summed E-state index contributed by atoms with van der Waals surface area (Å²) < 4.78 is 1.89. The summed E-state index contributed by atoms with van der Waals surface area (Å²) in [6, 6.07) is 9.36. The molecule has 5 nitrogen and oxygen atoms in total. The van der Waals surface area contributed by atoms with E-state index >= 15 is 0 Å². The van der Waals surface area contributed by atoms with Crippen LogP contribution in [0.4, 0.5) is 5.69 Å². The van der Waals surface area contributed by atoms with Crippen molar-refractivity contribution in [3.8, 4) is 0 Å². The molecule has 0 atom stereocenters. The fourth-order valence-corrected chi connectivity index (χ4v) is 5.45. The maximum atomic E-state index is 12.2. The molecule has 0 aliphatic carbocycles. The summed E-state index contributed by atoms with van der Waals surface area (Å²) in [4.78, 5) is 31.5. The van der Waals surface area contributed by atoms with Gasteiger partial charge in [-0.3, -0.25) is 9.59 Å². The lowest BCUT2D eigenvalue weighted by atomic mass is 10.3. The number of hydrogen-bond donors (Lipinski definition) is 1. The number of thiazole rings is 1. The number of amides is 2. The van der Waals surface area contributed by atoms with Crippen molar-refractivity contribution in [1.29, 1.82) is 0 Å². The van der Waals surface area contributed by atoms with Gasteiger partial charge in [-0.25, -0.2) is 4.98 Å². The first-order valence-electron chi connectivity index (χ1n) is 8.35. The van der Waals surface area contributed by atoms with Gasteiger partial charge in [0.05, 0.1) is 20.8 Å². The van der Waals surface area contributed by atoms with Gasteiger partial charge in [0.25, 0.3) is 5.91 Å². The maximum absolute atomic E-state index is 12.2. The highest BCUT2D eigenvalue weighted by molar-refractivity contribution is 8.01. The van der Waals surface area contributed by atoms with Crippen LogP contribution in [0.3, 0.4) is 0 Å². The lowest BCUT2D eigenvalue weighted by Crippen LogP contribution is -2.29. The molecule has 4 rings (SSSR count). The molecule has 134 valence electrons. The first-order valence-corrected chi connectivity index (χ1v) is 11.0. The molecule has 3 aromatic rings. The summed E-state index contributed by atoms with van der Waals surface area (Å²) >= 11 is 4.46. The first-order chi connectivity index (χ1) is 12.7. The third-order valence-corrected chi connectivity index (χ3v) is 7.16. The smallest absolute Gasteiger partial charge is 0.265 e. The van der Waals surface area contributed by atoms with Crippen molar-refractivity contribution in [2.45, 2.75) is 17.2 Å². The molecule has 2 amide bonds. The second-order valence-electron chi connectivity index (χ2n) is 5.97. The molecule has 1 fully saturated rings. The van der Waals surface area contributed by atoms with Crippen LogP contribution in [0.15, 0.2) is 40.1 Å². The number of hydrogen-bond acceptors (Lipinski definition) is 6. The van der Waals surface area contributed by atoms with Crippen LogP contribution in [0.2, 0.25) is 0 Å². The zero-order valence-corrected chi connectivity index (χ0v) is 16.4. The van der Waals surface area contributed by atoms with Crippen LogP contribution < -0.4 is 5.32 Å². The molecule has 26 heavy (non-hydrogen) atoms. The predicted molar refractivity (Wildman–Crippen MR) is 108 cm³/mol. The van der Waals surface area contributed by atoms with E-state index < -0.39 is 0 Å². The molecule has 0 saturated carbocycles. The van der Waals surface area contributed by atoms with Gasteiger partial charge >= 0.3 is 0 Å². The van der Waals surface area contributed by atoms with Crippen LogP contribution in [-0.4, -0.2) is 40.5 Å². The number of carbonyl (C=O) groups excluding carboxylic acids is 2. The van der Waals surface area contributed by atoms with Crippen LogP contribution >= 0.6 is 34.4 Å². The van der Waals surface area contributed by atoms with E-state index in [0.717, 1.165) is 46.2 Å². The van der Waals surface area contributed by atoms with Crippen LogP contribution in [0.1, 0.15) is 22.5 Å².